The van der Waals surface area contributed by atoms with E-state index in [2.05, 4.69) is 13.8 Å². The molecule has 0 amide bonds. The minimum absolute atomic E-state index is 0.106. The fraction of sp³-hybridized carbons (Fsp3) is 0.500. The third-order valence-electron chi connectivity index (χ3n) is 2.81. The molecule has 0 heterocycles. The first-order chi connectivity index (χ1) is 7.10. The van der Waals surface area contributed by atoms with Crippen molar-refractivity contribution in [2.24, 2.45) is 11.7 Å². The van der Waals surface area contributed by atoms with Gasteiger partial charge < -0.3 is 10.5 Å². The van der Waals surface area contributed by atoms with Gasteiger partial charge in [0.25, 0.3) is 0 Å². The minimum atomic E-state index is -0.299. The Hall–Kier alpha value is -1.09. The van der Waals surface area contributed by atoms with Crippen molar-refractivity contribution in [2.75, 3.05) is 7.11 Å². The molecular formula is C12H18FNO. The molecule has 0 aliphatic rings. The van der Waals surface area contributed by atoms with Crippen LogP contribution in [0.4, 0.5) is 4.39 Å². The maximum absolute atomic E-state index is 13.0. The molecule has 15 heavy (non-hydrogen) atoms. The molecule has 0 radical (unpaired) electrons. The van der Waals surface area contributed by atoms with Crippen LogP contribution in [-0.4, -0.2) is 7.11 Å². The van der Waals surface area contributed by atoms with Crippen LogP contribution in [0.2, 0.25) is 0 Å². The lowest BCUT2D eigenvalue weighted by atomic mass is 9.93. The second-order valence-electron chi connectivity index (χ2n) is 3.80. The van der Waals surface area contributed by atoms with Crippen molar-refractivity contribution in [1.29, 1.82) is 0 Å². The summed E-state index contributed by atoms with van der Waals surface area (Å²) >= 11 is 0. The third kappa shape index (κ3) is 2.69. The molecule has 0 fully saturated rings. The van der Waals surface area contributed by atoms with Gasteiger partial charge in [0.1, 0.15) is 11.6 Å². The van der Waals surface area contributed by atoms with Crippen LogP contribution < -0.4 is 10.5 Å². The van der Waals surface area contributed by atoms with E-state index in [1.54, 1.807) is 6.07 Å². The highest BCUT2D eigenvalue weighted by Gasteiger charge is 2.17. The number of benzene rings is 1. The maximum Gasteiger partial charge on any atom is 0.126 e. The number of halogens is 1. The predicted molar refractivity (Wildman–Crippen MR) is 59.3 cm³/mol. The molecule has 2 atom stereocenters. The highest BCUT2D eigenvalue weighted by atomic mass is 19.1. The minimum Gasteiger partial charge on any atom is -0.496 e. The Morgan fingerprint density at radius 3 is 2.67 bits per heavy atom. The van der Waals surface area contributed by atoms with E-state index in [-0.39, 0.29) is 11.9 Å². The molecule has 0 aromatic heterocycles. The molecule has 0 aliphatic heterocycles. The zero-order valence-corrected chi connectivity index (χ0v) is 9.46. The molecule has 2 N–H and O–H groups in total. The molecule has 1 rings (SSSR count). The number of nitrogens with two attached hydrogens (primary N) is 1. The van der Waals surface area contributed by atoms with Gasteiger partial charge in [0.2, 0.25) is 0 Å². The number of hydrogen-bond donors (Lipinski definition) is 1. The van der Waals surface area contributed by atoms with E-state index in [9.17, 15) is 4.39 Å². The summed E-state index contributed by atoms with van der Waals surface area (Å²) in [5, 5.41) is 0. The lowest BCUT2D eigenvalue weighted by molar-refractivity contribution is 0.385. The first-order valence-electron chi connectivity index (χ1n) is 5.19. The summed E-state index contributed by atoms with van der Waals surface area (Å²) in [6.07, 6.45) is 0.988. The molecule has 3 heteroatoms. The summed E-state index contributed by atoms with van der Waals surface area (Å²) in [6, 6.07) is 4.38. The van der Waals surface area contributed by atoms with Gasteiger partial charge in [-0.25, -0.2) is 4.39 Å². The normalized spacial score (nSPS) is 14.7. The summed E-state index contributed by atoms with van der Waals surface area (Å²) < 4.78 is 18.1. The monoisotopic (exact) mass is 211 g/mol. The van der Waals surface area contributed by atoms with Crippen LogP contribution >= 0.6 is 0 Å². The standard InChI is InChI=1S/C12H18FNO/c1-4-8(2)12(14)10-6-5-9(13)7-11(10)15-3/h5-8,12H,4,14H2,1-3H3/t8?,12-/m1/s1. The van der Waals surface area contributed by atoms with Gasteiger partial charge in [-0.05, 0) is 12.0 Å². The average molecular weight is 211 g/mol. The van der Waals surface area contributed by atoms with E-state index < -0.39 is 0 Å². The van der Waals surface area contributed by atoms with Gasteiger partial charge in [-0.1, -0.05) is 26.3 Å². The van der Waals surface area contributed by atoms with Crippen molar-refractivity contribution >= 4 is 0 Å². The smallest absolute Gasteiger partial charge is 0.126 e. The molecule has 0 saturated carbocycles. The van der Waals surface area contributed by atoms with Crippen LogP contribution in [0.1, 0.15) is 31.9 Å². The van der Waals surface area contributed by atoms with Crippen molar-refractivity contribution in [2.45, 2.75) is 26.3 Å². The fourth-order valence-corrected chi connectivity index (χ4v) is 1.52. The van der Waals surface area contributed by atoms with Crippen molar-refractivity contribution in [3.05, 3.63) is 29.6 Å². The Balaban J connectivity index is 3.02. The van der Waals surface area contributed by atoms with Crippen LogP contribution in [0.15, 0.2) is 18.2 Å². The van der Waals surface area contributed by atoms with Crippen LogP contribution in [0.5, 0.6) is 5.75 Å². The molecule has 0 aliphatic carbocycles. The van der Waals surface area contributed by atoms with Crippen molar-refractivity contribution in [1.82, 2.24) is 0 Å². The highest BCUT2D eigenvalue weighted by molar-refractivity contribution is 5.36. The zero-order valence-electron chi connectivity index (χ0n) is 9.46. The van der Waals surface area contributed by atoms with Gasteiger partial charge in [0, 0.05) is 17.7 Å². The topological polar surface area (TPSA) is 35.2 Å². The van der Waals surface area contributed by atoms with E-state index in [0.29, 0.717) is 11.7 Å². The van der Waals surface area contributed by atoms with E-state index in [1.165, 1.54) is 19.2 Å². The predicted octanol–water partition coefficient (Wildman–Crippen LogP) is 2.88. The Bertz CT molecular complexity index is 327. The third-order valence-corrected chi connectivity index (χ3v) is 2.81. The van der Waals surface area contributed by atoms with Gasteiger partial charge in [-0.3, -0.25) is 0 Å². The molecule has 1 aromatic carbocycles. The average Bonchev–Trinajstić information content (AvgIpc) is 2.26. The summed E-state index contributed by atoms with van der Waals surface area (Å²) in [4.78, 5) is 0. The molecule has 84 valence electrons. The Morgan fingerprint density at radius 2 is 2.13 bits per heavy atom. The summed E-state index contributed by atoms with van der Waals surface area (Å²) in [5.74, 6) is 0.583. The van der Waals surface area contributed by atoms with Crippen LogP contribution in [0, 0.1) is 11.7 Å². The van der Waals surface area contributed by atoms with Gasteiger partial charge in [0.15, 0.2) is 0 Å². The van der Waals surface area contributed by atoms with Gasteiger partial charge in [0.05, 0.1) is 7.11 Å². The summed E-state index contributed by atoms with van der Waals surface area (Å²) in [7, 11) is 1.53. The molecule has 2 nitrogen and oxygen atoms in total. The second-order valence-corrected chi connectivity index (χ2v) is 3.80. The molecule has 1 unspecified atom stereocenters. The molecule has 0 saturated heterocycles. The first-order valence-corrected chi connectivity index (χ1v) is 5.19. The van der Waals surface area contributed by atoms with Crippen molar-refractivity contribution in [3.63, 3.8) is 0 Å². The van der Waals surface area contributed by atoms with Gasteiger partial charge >= 0.3 is 0 Å². The van der Waals surface area contributed by atoms with Crippen LogP contribution in [0.3, 0.4) is 0 Å². The highest BCUT2D eigenvalue weighted by Crippen LogP contribution is 2.30. The van der Waals surface area contributed by atoms with Crippen molar-refractivity contribution in [3.8, 4) is 5.75 Å². The maximum atomic E-state index is 13.0. The summed E-state index contributed by atoms with van der Waals surface area (Å²) in [6.45, 7) is 4.16. The van der Waals surface area contributed by atoms with E-state index in [1.807, 2.05) is 0 Å². The molecular weight excluding hydrogens is 193 g/mol. The lowest BCUT2D eigenvalue weighted by Crippen LogP contribution is -2.19. The van der Waals surface area contributed by atoms with Crippen molar-refractivity contribution < 1.29 is 9.13 Å². The van der Waals surface area contributed by atoms with Crippen LogP contribution in [0.25, 0.3) is 0 Å². The molecule has 0 spiro atoms. The second kappa shape index (κ2) is 5.12. The first kappa shape index (κ1) is 12.0. The van der Waals surface area contributed by atoms with E-state index in [0.717, 1.165) is 12.0 Å². The van der Waals surface area contributed by atoms with E-state index in [4.69, 9.17) is 10.5 Å². The van der Waals surface area contributed by atoms with Crippen LogP contribution in [-0.2, 0) is 0 Å². The Labute approximate surface area is 90.2 Å². The van der Waals surface area contributed by atoms with Gasteiger partial charge in [-0.2, -0.15) is 0 Å². The number of hydrogen-bond acceptors (Lipinski definition) is 2. The Kier molecular flexibility index (Phi) is 4.09. The SMILES string of the molecule is CCC(C)[C@@H](N)c1ccc(F)cc1OC. The number of rotatable bonds is 4. The molecule has 0 bridgehead atoms. The number of methoxy groups -OCH3 is 1. The van der Waals surface area contributed by atoms with E-state index >= 15 is 0 Å². The quantitative estimate of drug-likeness (QED) is 0.831. The van der Waals surface area contributed by atoms with Gasteiger partial charge in [-0.15, -0.1) is 0 Å². The zero-order chi connectivity index (χ0) is 11.4. The molecule has 1 aromatic rings. The summed E-state index contributed by atoms with van der Waals surface area (Å²) in [5.41, 5.74) is 6.94. The largest absolute Gasteiger partial charge is 0.496 e. The Morgan fingerprint density at radius 1 is 1.47 bits per heavy atom. The lowest BCUT2D eigenvalue weighted by Gasteiger charge is -2.20. The fourth-order valence-electron chi connectivity index (χ4n) is 1.52. The number of ether oxygens (including phenoxy) is 1.